The number of nitrogens with zero attached hydrogens (tertiary/aromatic N) is 1. The number of hydrogen-bond donors (Lipinski definition) is 3. The van der Waals surface area contributed by atoms with Gasteiger partial charge >= 0.3 is 0 Å². The summed E-state index contributed by atoms with van der Waals surface area (Å²) < 4.78 is 0.812. The Bertz CT molecular complexity index is 933. The van der Waals surface area contributed by atoms with Crippen LogP contribution >= 0.6 is 11.3 Å². The van der Waals surface area contributed by atoms with E-state index in [2.05, 4.69) is 10.3 Å². The molecule has 0 aliphatic carbocycles. The summed E-state index contributed by atoms with van der Waals surface area (Å²) in [5.74, 6) is -0.408. The monoisotopic (exact) mass is 352 g/mol. The first kappa shape index (κ1) is 16.7. The lowest BCUT2D eigenvalue weighted by Gasteiger charge is -2.01. The maximum Gasteiger partial charge on any atom is 0.221 e. The Morgan fingerprint density at radius 2 is 1.76 bits per heavy atom. The first-order valence-electron chi connectivity index (χ1n) is 7.56. The summed E-state index contributed by atoms with van der Waals surface area (Å²) in [6.45, 7) is 1.48. The highest BCUT2D eigenvalue weighted by molar-refractivity contribution is 7.19. The molecule has 0 bridgehead atoms. The van der Waals surface area contributed by atoms with Crippen LogP contribution in [0.15, 0.2) is 48.6 Å². The van der Waals surface area contributed by atoms with Gasteiger partial charge in [0.1, 0.15) is 5.01 Å². The topological polar surface area (TPSA) is 82.5 Å². The Hall–Kier alpha value is -3.12. The van der Waals surface area contributed by atoms with Crippen molar-refractivity contribution in [3.8, 4) is 11.5 Å². The van der Waals surface area contributed by atoms with Crippen molar-refractivity contribution >= 4 is 45.3 Å². The van der Waals surface area contributed by atoms with Crippen LogP contribution in [0.25, 0.3) is 22.4 Å². The summed E-state index contributed by atoms with van der Waals surface area (Å²) >= 11 is 1.43. The quantitative estimate of drug-likeness (QED) is 0.480. The number of nitrogens with one attached hydrogen (secondary N) is 1. The Morgan fingerprint density at radius 1 is 1.08 bits per heavy atom. The van der Waals surface area contributed by atoms with Crippen molar-refractivity contribution in [1.82, 2.24) is 4.98 Å². The molecule has 1 heterocycles. The molecule has 0 spiro atoms. The van der Waals surface area contributed by atoms with Crippen LogP contribution in [0.2, 0.25) is 0 Å². The molecule has 0 aliphatic rings. The van der Waals surface area contributed by atoms with Crippen molar-refractivity contribution in [2.24, 2.45) is 0 Å². The number of carbonyl (C=O) groups excluding carboxylic acids is 1. The molecule has 2 aromatic carbocycles. The lowest BCUT2D eigenvalue weighted by molar-refractivity contribution is -0.114. The first-order chi connectivity index (χ1) is 12.0. The van der Waals surface area contributed by atoms with E-state index in [1.165, 1.54) is 30.4 Å². The summed E-state index contributed by atoms with van der Waals surface area (Å²) in [6.07, 6.45) is 7.58. The van der Waals surface area contributed by atoms with Crippen molar-refractivity contribution in [2.45, 2.75) is 6.92 Å². The van der Waals surface area contributed by atoms with Gasteiger partial charge in [0, 0.05) is 24.7 Å². The van der Waals surface area contributed by atoms with Crippen molar-refractivity contribution in [1.29, 1.82) is 0 Å². The summed E-state index contributed by atoms with van der Waals surface area (Å²) in [6, 6.07) is 10.5. The van der Waals surface area contributed by atoms with E-state index in [0.717, 1.165) is 21.0 Å². The van der Waals surface area contributed by atoms with Crippen molar-refractivity contribution in [2.75, 3.05) is 5.32 Å². The number of anilines is 1. The predicted octanol–water partition coefficient (Wildman–Crippen LogP) is 4.39. The second kappa shape index (κ2) is 7.19. The van der Waals surface area contributed by atoms with Gasteiger partial charge in [0.05, 0.1) is 10.2 Å². The van der Waals surface area contributed by atoms with Gasteiger partial charge in [0.2, 0.25) is 5.91 Å². The lowest BCUT2D eigenvalue weighted by atomic mass is 10.2. The average molecular weight is 352 g/mol. The molecule has 1 aromatic heterocycles. The van der Waals surface area contributed by atoms with Gasteiger partial charge in [-0.05, 0) is 23.8 Å². The van der Waals surface area contributed by atoms with Crippen LogP contribution in [-0.4, -0.2) is 21.1 Å². The summed E-state index contributed by atoms with van der Waals surface area (Å²) in [7, 11) is 0. The number of rotatable bonds is 4. The number of benzene rings is 2. The molecule has 0 aliphatic heterocycles. The van der Waals surface area contributed by atoms with Crippen LogP contribution in [0.5, 0.6) is 11.5 Å². The van der Waals surface area contributed by atoms with E-state index in [1.54, 1.807) is 0 Å². The van der Waals surface area contributed by atoms with E-state index in [9.17, 15) is 15.0 Å². The van der Waals surface area contributed by atoms with E-state index in [4.69, 9.17) is 0 Å². The number of allylic oxidation sites excluding steroid dienone is 2. The third-order valence-electron chi connectivity index (χ3n) is 3.37. The zero-order chi connectivity index (χ0) is 17.8. The van der Waals surface area contributed by atoms with Crippen LogP contribution in [0.3, 0.4) is 0 Å². The number of carbonyl (C=O) groups is 1. The van der Waals surface area contributed by atoms with Crippen molar-refractivity contribution in [3.63, 3.8) is 0 Å². The SMILES string of the molecule is CC(=O)Nc1ccc(/C=C/C=C/c2nc3cc(O)c(O)cc3s2)cc1. The Labute approximate surface area is 148 Å². The minimum absolute atomic E-state index is 0.0938. The minimum Gasteiger partial charge on any atom is -0.504 e. The fraction of sp³-hybridized carbons (Fsp3) is 0.0526. The maximum atomic E-state index is 11.0. The van der Waals surface area contributed by atoms with Crippen molar-refractivity contribution < 1.29 is 15.0 Å². The highest BCUT2D eigenvalue weighted by Crippen LogP contribution is 2.33. The van der Waals surface area contributed by atoms with Gasteiger partial charge in [0.25, 0.3) is 0 Å². The standard InChI is InChI=1S/C19H16N2O3S/c1-12(22)20-14-8-6-13(7-9-14)4-2-3-5-19-21-15-10-16(23)17(24)11-18(15)25-19/h2-11,23-24H,1H3,(H,20,22)/b4-2+,5-3+. The average Bonchev–Trinajstić information content (AvgIpc) is 2.94. The number of thiazole rings is 1. The number of fused-ring (bicyclic) bond motifs is 1. The highest BCUT2D eigenvalue weighted by Gasteiger charge is 2.06. The van der Waals surface area contributed by atoms with Crippen LogP contribution in [0.4, 0.5) is 5.69 Å². The Kier molecular flexibility index (Phi) is 4.81. The largest absolute Gasteiger partial charge is 0.504 e. The van der Waals surface area contributed by atoms with E-state index in [-0.39, 0.29) is 17.4 Å². The fourth-order valence-corrected chi connectivity index (χ4v) is 3.12. The van der Waals surface area contributed by atoms with E-state index in [0.29, 0.717) is 5.52 Å². The molecule has 0 saturated carbocycles. The van der Waals surface area contributed by atoms with E-state index < -0.39 is 0 Å². The molecule has 0 atom stereocenters. The third-order valence-corrected chi connectivity index (χ3v) is 4.35. The number of amides is 1. The van der Waals surface area contributed by atoms with Crippen molar-refractivity contribution in [3.05, 3.63) is 59.1 Å². The minimum atomic E-state index is -0.170. The van der Waals surface area contributed by atoms with Crippen LogP contribution < -0.4 is 5.32 Å². The zero-order valence-electron chi connectivity index (χ0n) is 13.4. The normalized spacial score (nSPS) is 11.6. The first-order valence-corrected chi connectivity index (χ1v) is 8.38. The van der Waals surface area contributed by atoms with Gasteiger partial charge in [-0.1, -0.05) is 30.4 Å². The summed E-state index contributed by atoms with van der Waals surface area (Å²) in [5, 5.41) is 22.5. The molecular weight excluding hydrogens is 336 g/mol. The van der Waals surface area contributed by atoms with E-state index >= 15 is 0 Å². The van der Waals surface area contributed by atoms with Gasteiger partial charge in [-0.2, -0.15) is 0 Å². The Balaban J connectivity index is 1.68. The van der Waals surface area contributed by atoms with Gasteiger partial charge in [-0.25, -0.2) is 4.98 Å². The third kappa shape index (κ3) is 4.24. The number of phenolic OH excluding ortho intramolecular Hbond substituents is 2. The predicted molar refractivity (Wildman–Crippen MR) is 102 cm³/mol. The highest BCUT2D eigenvalue weighted by atomic mass is 32.1. The smallest absolute Gasteiger partial charge is 0.221 e. The van der Waals surface area contributed by atoms with Gasteiger partial charge < -0.3 is 15.5 Å². The fourth-order valence-electron chi connectivity index (χ4n) is 2.23. The molecular formula is C19H16N2O3S. The molecule has 0 fully saturated rings. The molecule has 0 unspecified atom stereocenters. The second-order valence-corrected chi connectivity index (χ2v) is 6.44. The van der Waals surface area contributed by atoms with Crippen LogP contribution in [-0.2, 0) is 4.79 Å². The molecule has 3 aromatic rings. The van der Waals surface area contributed by atoms with Gasteiger partial charge in [0.15, 0.2) is 11.5 Å². The molecule has 6 heteroatoms. The molecule has 3 rings (SSSR count). The number of aromatic hydroxyl groups is 2. The maximum absolute atomic E-state index is 11.0. The number of aromatic nitrogens is 1. The molecule has 25 heavy (non-hydrogen) atoms. The van der Waals surface area contributed by atoms with Gasteiger partial charge in [-0.3, -0.25) is 4.79 Å². The van der Waals surface area contributed by atoms with Gasteiger partial charge in [-0.15, -0.1) is 11.3 Å². The van der Waals surface area contributed by atoms with E-state index in [1.807, 2.05) is 48.6 Å². The lowest BCUT2D eigenvalue weighted by Crippen LogP contribution is -2.05. The van der Waals surface area contributed by atoms with Crippen LogP contribution in [0, 0.1) is 0 Å². The molecule has 5 nitrogen and oxygen atoms in total. The Morgan fingerprint density at radius 3 is 2.48 bits per heavy atom. The molecule has 0 radical (unpaired) electrons. The van der Waals surface area contributed by atoms with Crippen LogP contribution in [0.1, 0.15) is 17.5 Å². The summed E-state index contributed by atoms with van der Waals surface area (Å²) in [4.78, 5) is 15.4. The second-order valence-electron chi connectivity index (χ2n) is 5.38. The number of phenols is 2. The molecule has 1 amide bonds. The molecule has 0 saturated heterocycles. The molecule has 126 valence electrons. The summed E-state index contributed by atoms with van der Waals surface area (Å²) in [5.41, 5.74) is 2.43. The zero-order valence-corrected chi connectivity index (χ0v) is 14.2. The number of hydrogen-bond acceptors (Lipinski definition) is 5. The molecule has 3 N–H and O–H groups in total.